The number of rotatable bonds is 9. The highest BCUT2D eigenvalue weighted by Crippen LogP contribution is 2.01. The molecule has 0 fully saturated rings. The highest BCUT2D eigenvalue weighted by atomic mass is 16.1. The number of nitrogens with one attached hydrogen (secondary N) is 2. The molecule has 0 aromatic rings. The highest BCUT2D eigenvalue weighted by Gasteiger charge is 1.99. The fourth-order valence-corrected chi connectivity index (χ4v) is 1.25. The fraction of sp³-hybridized carbons (Fsp3) is 0.818. The van der Waals surface area contributed by atoms with Gasteiger partial charge in [0, 0.05) is 19.4 Å². The standard InChI is InChI=1S/C11H22N2O2/c1-3-10(14)7-5-4-6-8-13-11(15)9-12-2/h12H,3-9H2,1-2H3,(H,13,15). The Labute approximate surface area is 91.8 Å². The number of hydrogen-bond donors (Lipinski definition) is 2. The summed E-state index contributed by atoms with van der Waals surface area (Å²) in [6, 6.07) is 0. The molecule has 0 bridgehead atoms. The van der Waals surface area contributed by atoms with Crippen LogP contribution in [0.1, 0.15) is 39.0 Å². The van der Waals surface area contributed by atoms with Gasteiger partial charge in [0.1, 0.15) is 5.78 Å². The zero-order valence-corrected chi connectivity index (χ0v) is 9.77. The normalized spacial score (nSPS) is 10.0. The first kappa shape index (κ1) is 14.1. The van der Waals surface area contributed by atoms with Crippen LogP contribution in [0.25, 0.3) is 0 Å². The summed E-state index contributed by atoms with van der Waals surface area (Å²) in [5.74, 6) is 0.358. The summed E-state index contributed by atoms with van der Waals surface area (Å²) in [7, 11) is 1.75. The summed E-state index contributed by atoms with van der Waals surface area (Å²) in [4.78, 5) is 22.0. The molecule has 2 N–H and O–H groups in total. The van der Waals surface area contributed by atoms with Crippen LogP contribution in [-0.2, 0) is 9.59 Å². The van der Waals surface area contributed by atoms with Gasteiger partial charge in [-0.15, -0.1) is 0 Å². The molecule has 0 aliphatic heterocycles. The number of carbonyl (C=O) groups is 2. The van der Waals surface area contributed by atoms with Crippen molar-refractivity contribution in [2.75, 3.05) is 20.1 Å². The molecule has 4 heteroatoms. The van der Waals surface area contributed by atoms with E-state index in [1.165, 1.54) is 0 Å². The Morgan fingerprint density at radius 3 is 2.47 bits per heavy atom. The smallest absolute Gasteiger partial charge is 0.233 e. The first-order chi connectivity index (χ1) is 7.20. The number of Topliss-reactive ketones (excluding diaryl/α,β-unsaturated/α-hetero) is 1. The molecule has 0 atom stereocenters. The van der Waals surface area contributed by atoms with Crippen molar-refractivity contribution in [3.05, 3.63) is 0 Å². The lowest BCUT2D eigenvalue weighted by Crippen LogP contribution is -2.32. The van der Waals surface area contributed by atoms with Crippen molar-refractivity contribution in [3.8, 4) is 0 Å². The van der Waals surface area contributed by atoms with Gasteiger partial charge in [0.2, 0.25) is 5.91 Å². The molecule has 0 saturated carbocycles. The topological polar surface area (TPSA) is 58.2 Å². The first-order valence-corrected chi connectivity index (χ1v) is 5.63. The van der Waals surface area contributed by atoms with Crippen LogP contribution in [0.5, 0.6) is 0 Å². The van der Waals surface area contributed by atoms with Gasteiger partial charge >= 0.3 is 0 Å². The Hall–Kier alpha value is -0.900. The maximum absolute atomic E-state index is 11.0. The molecule has 0 aromatic carbocycles. The van der Waals surface area contributed by atoms with Crippen LogP contribution in [-0.4, -0.2) is 31.8 Å². The van der Waals surface area contributed by atoms with Gasteiger partial charge in [0.05, 0.1) is 6.54 Å². The molecule has 15 heavy (non-hydrogen) atoms. The van der Waals surface area contributed by atoms with Gasteiger partial charge in [-0.05, 0) is 19.9 Å². The molecule has 1 amide bonds. The summed E-state index contributed by atoms with van der Waals surface area (Å²) in [6.45, 7) is 2.97. The Morgan fingerprint density at radius 1 is 1.13 bits per heavy atom. The van der Waals surface area contributed by atoms with Crippen molar-refractivity contribution in [1.82, 2.24) is 10.6 Å². The van der Waals surface area contributed by atoms with Crippen LogP contribution in [0, 0.1) is 0 Å². The van der Waals surface area contributed by atoms with Gasteiger partial charge in [0.25, 0.3) is 0 Å². The van der Waals surface area contributed by atoms with Crippen LogP contribution in [0.2, 0.25) is 0 Å². The summed E-state index contributed by atoms with van der Waals surface area (Å²) in [5.41, 5.74) is 0. The van der Waals surface area contributed by atoms with Gasteiger partial charge in [-0.1, -0.05) is 13.3 Å². The van der Waals surface area contributed by atoms with Crippen LogP contribution < -0.4 is 10.6 Å². The lowest BCUT2D eigenvalue weighted by atomic mass is 10.1. The molecule has 0 saturated heterocycles. The van der Waals surface area contributed by atoms with E-state index in [4.69, 9.17) is 0 Å². The van der Waals surface area contributed by atoms with Crippen LogP contribution in [0.3, 0.4) is 0 Å². The third-order valence-corrected chi connectivity index (χ3v) is 2.19. The summed E-state index contributed by atoms with van der Waals surface area (Å²) in [6.07, 6.45) is 4.21. The molecule has 0 unspecified atom stereocenters. The van der Waals surface area contributed by atoms with E-state index >= 15 is 0 Å². The minimum absolute atomic E-state index is 0.0298. The van der Waals surface area contributed by atoms with Gasteiger partial charge in [-0.2, -0.15) is 0 Å². The Bertz CT molecular complexity index is 193. The fourth-order valence-electron chi connectivity index (χ4n) is 1.25. The van der Waals surface area contributed by atoms with E-state index in [0.29, 0.717) is 31.7 Å². The van der Waals surface area contributed by atoms with Gasteiger partial charge in [0.15, 0.2) is 0 Å². The number of ketones is 1. The molecule has 0 aromatic heterocycles. The van der Waals surface area contributed by atoms with E-state index in [-0.39, 0.29) is 5.91 Å². The van der Waals surface area contributed by atoms with Crippen LogP contribution in [0.4, 0.5) is 0 Å². The number of carbonyl (C=O) groups excluding carboxylic acids is 2. The second-order valence-electron chi connectivity index (χ2n) is 3.58. The highest BCUT2D eigenvalue weighted by molar-refractivity contribution is 5.78. The maximum Gasteiger partial charge on any atom is 0.233 e. The molecule has 88 valence electrons. The van der Waals surface area contributed by atoms with Crippen molar-refractivity contribution in [1.29, 1.82) is 0 Å². The van der Waals surface area contributed by atoms with Gasteiger partial charge in [-0.3, -0.25) is 9.59 Å². The predicted octanol–water partition coefficient (Wildman–Crippen LogP) is 0.862. The second-order valence-corrected chi connectivity index (χ2v) is 3.58. The zero-order valence-electron chi connectivity index (χ0n) is 9.77. The average Bonchev–Trinajstić information content (AvgIpc) is 2.23. The van der Waals surface area contributed by atoms with Crippen molar-refractivity contribution in [2.45, 2.75) is 39.0 Å². The largest absolute Gasteiger partial charge is 0.355 e. The van der Waals surface area contributed by atoms with Crippen LogP contribution >= 0.6 is 0 Å². The Balaban J connectivity index is 3.18. The second kappa shape index (κ2) is 9.65. The molecule has 0 spiro atoms. The number of likely N-dealkylation sites (N-methyl/N-ethyl adjacent to an activating group) is 1. The monoisotopic (exact) mass is 214 g/mol. The minimum Gasteiger partial charge on any atom is -0.355 e. The lowest BCUT2D eigenvalue weighted by molar-refractivity contribution is -0.120. The molecular formula is C11H22N2O2. The molecule has 0 aliphatic rings. The zero-order chi connectivity index (χ0) is 11.5. The van der Waals surface area contributed by atoms with Crippen molar-refractivity contribution in [3.63, 3.8) is 0 Å². The summed E-state index contributed by atoms with van der Waals surface area (Å²) in [5, 5.41) is 5.58. The Morgan fingerprint density at radius 2 is 1.87 bits per heavy atom. The summed E-state index contributed by atoms with van der Waals surface area (Å²) >= 11 is 0. The van der Waals surface area contributed by atoms with Gasteiger partial charge < -0.3 is 10.6 Å². The first-order valence-electron chi connectivity index (χ1n) is 5.63. The van der Waals surface area contributed by atoms with E-state index in [2.05, 4.69) is 10.6 Å². The van der Waals surface area contributed by atoms with Gasteiger partial charge in [-0.25, -0.2) is 0 Å². The third-order valence-electron chi connectivity index (χ3n) is 2.19. The molecule has 0 radical (unpaired) electrons. The van der Waals surface area contributed by atoms with E-state index in [1.807, 2.05) is 6.92 Å². The average molecular weight is 214 g/mol. The van der Waals surface area contributed by atoms with Crippen molar-refractivity contribution >= 4 is 11.7 Å². The van der Waals surface area contributed by atoms with Crippen molar-refractivity contribution in [2.24, 2.45) is 0 Å². The SMILES string of the molecule is CCC(=O)CCCCCNC(=O)CNC. The predicted molar refractivity (Wildman–Crippen MR) is 60.7 cm³/mol. The maximum atomic E-state index is 11.0. The van der Waals surface area contributed by atoms with E-state index < -0.39 is 0 Å². The minimum atomic E-state index is 0.0298. The Kier molecular flexibility index (Phi) is 9.07. The molecule has 0 rings (SSSR count). The van der Waals surface area contributed by atoms with E-state index in [1.54, 1.807) is 7.05 Å². The van der Waals surface area contributed by atoms with E-state index in [0.717, 1.165) is 19.3 Å². The lowest BCUT2D eigenvalue weighted by Gasteiger charge is -2.04. The number of unbranched alkanes of at least 4 members (excludes halogenated alkanes) is 2. The quantitative estimate of drug-likeness (QED) is 0.560. The number of hydrogen-bond acceptors (Lipinski definition) is 3. The number of amides is 1. The summed E-state index contributed by atoms with van der Waals surface area (Å²) < 4.78 is 0. The molecular weight excluding hydrogens is 192 g/mol. The van der Waals surface area contributed by atoms with Crippen molar-refractivity contribution < 1.29 is 9.59 Å². The third kappa shape index (κ3) is 9.41. The molecule has 4 nitrogen and oxygen atoms in total. The molecule has 0 aliphatic carbocycles. The molecule has 0 heterocycles. The van der Waals surface area contributed by atoms with E-state index in [9.17, 15) is 9.59 Å². The van der Waals surface area contributed by atoms with Crippen LogP contribution in [0.15, 0.2) is 0 Å².